The molecule has 6 heteroatoms. The Balaban J connectivity index is 1.71. The van der Waals surface area contributed by atoms with Gasteiger partial charge in [0, 0.05) is 6.92 Å². The summed E-state index contributed by atoms with van der Waals surface area (Å²) in [6.45, 7) is 1.39. The Kier molecular flexibility index (Phi) is 6.42. The molecule has 0 saturated heterocycles. The van der Waals surface area contributed by atoms with Crippen molar-refractivity contribution in [2.24, 2.45) is 0 Å². The second-order valence-electron chi connectivity index (χ2n) is 7.52. The largest absolute Gasteiger partial charge is 0.464 e. The lowest BCUT2D eigenvalue weighted by Crippen LogP contribution is -2.47. The zero-order valence-corrected chi connectivity index (χ0v) is 17.6. The minimum atomic E-state index is -0.836. The Bertz CT molecular complexity index is 1080. The first-order valence-electron chi connectivity index (χ1n) is 10.4. The van der Waals surface area contributed by atoms with E-state index in [4.69, 9.17) is 9.47 Å². The summed E-state index contributed by atoms with van der Waals surface area (Å²) < 4.78 is 11.6. The molecule has 4 rings (SSSR count). The zero-order valence-electron chi connectivity index (χ0n) is 17.6. The number of hydrogen-bond donors (Lipinski definition) is 0. The number of esters is 1. The Hall–Kier alpha value is -3.77. The van der Waals surface area contributed by atoms with E-state index in [2.05, 4.69) is 0 Å². The van der Waals surface area contributed by atoms with E-state index in [0.717, 1.165) is 16.0 Å². The molecule has 0 aromatic heterocycles. The molecule has 1 aliphatic rings. The van der Waals surface area contributed by atoms with Crippen molar-refractivity contribution in [3.05, 3.63) is 107 Å². The number of benzene rings is 3. The van der Waals surface area contributed by atoms with Gasteiger partial charge in [-0.3, -0.25) is 19.3 Å². The van der Waals surface area contributed by atoms with Crippen molar-refractivity contribution in [3.8, 4) is 0 Å². The summed E-state index contributed by atoms with van der Waals surface area (Å²) in [5.74, 6) is -1.35. The lowest BCUT2D eigenvalue weighted by molar-refractivity contribution is -0.144. The van der Waals surface area contributed by atoms with Crippen LogP contribution >= 0.6 is 0 Å². The van der Waals surface area contributed by atoms with Crippen LogP contribution in [0, 0.1) is 0 Å². The second-order valence-corrected chi connectivity index (χ2v) is 7.52. The van der Waals surface area contributed by atoms with E-state index in [1.807, 2.05) is 60.7 Å². The molecule has 0 spiro atoms. The number of carbonyl (C=O) groups excluding carboxylic acids is 3. The summed E-state index contributed by atoms with van der Waals surface area (Å²) in [6, 6.07) is 24.8. The average Bonchev–Trinajstić information content (AvgIpc) is 3.07. The predicted molar refractivity (Wildman–Crippen MR) is 118 cm³/mol. The molecule has 3 aromatic carbocycles. The topological polar surface area (TPSA) is 72.9 Å². The summed E-state index contributed by atoms with van der Waals surface area (Å²) in [6.07, 6.45) is -0.696. The van der Waals surface area contributed by atoms with Gasteiger partial charge in [0.05, 0.1) is 17.7 Å². The van der Waals surface area contributed by atoms with Gasteiger partial charge in [-0.2, -0.15) is 0 Å². The van der Waals surface area contributed by atoms with Gasteiger partial charge in [-0.25, -0.2) is 0 Å². The maximum absolute atomic E-state index is 13.2. The van der Waals surface area contributed by atoms with Crippen molar-refractivity contribution < 1.29 is 23.9 Å². The van der Waals surface area contributed by atoms with Crippen molar-refractivity contribution in [2.75, 3.05) is 6.61 Å². The molecule has 1 heterocycles. The van der Waals surface area contributed by atoms with E-state index in [1.54, 1.807) is 24.3 Å². The molecule has 0 radical (unpaired) electrons. The molecule has 6 nitrogen and oxygen atoms in total. The number of imide groups is 1. The lowest BCUT2D eigenvalue weighted by atomic mass is 10.0. The highest BCUT2D eigenvalue weighted by Crippen LogP contribution is 2.33. The number of nitrogens with zero attached hydrogens (tertiary/aromatic N) is 1. The third-order valence-electron chi connectivity index (χ3n) is 5.36. The fourth-order valence-corrected chi connectivity index (χ4v) is 3.84. The maximum atomic E-state index is 13.2. The van der Waals surface area contributed by atoms with Crippen LogP contribution in [0.5, 0.6) is 0 Å². The molecule has 0 bridgehead atoms. The summed E-state index contributed by atoms with van der Waals surface area (Å²) in [5, 5.41) is 0. The summed E-state index contributed by atoms with van der Waals surface area (Å²) in [7, 11) is 0. The van der Waals surface area contributed by atoms with Crippen molar-refractivity contribution in [3.63, 3.8) is 0 Å². The highest BCUT2D eigenvalue weighted by Gasteiger charge is 2.44. The fourth-order valence-electron chi connectivity index (χ4n) is 3.84. The Morgan fingerprint density at radius 2 is 1.34 bits per heavy atom. The highest BCUT2D eigenvalue weighted by molar-refractivity contribution is 6.21. The molecule has 2 atom stereocenters. The molecule has 0 aliphatic carbocycles. The molecule has 3 aromatic rings. The number of fused-ring (bicyclic) bond motifs is 1. The summed E-state index contributed by atoms with van der Waals surface area (Å²) >= 11 is 0. The van der Waals surface area contributed by atoms with Crippen LogP contribution in [0.15, 0.2) is 84.9 Å². The second kappa shape index (κ2) is 9.58. The van der Waals surface area contributed by atoms with Crippen LogP contribution in [0.4, 0.5) is 0 Å². The number of ether oxygens (including phenoxy) is 2. The van der Waals surface area contributed by atoms with Gasteiger partial charge < -0.3 is 9.47 Å². The normalized spacial score (nSPS) is 14.7. The van der Waals surface area contributed by atoms with Crippen LogP contribution in [0.1, 0.15) is 44.9 Å². The number of amides is 2. The van der Waals surface area contributed by atoms with E-state index < -0.39 is 29.9 Å². The Labute approximate surface area is 186 Å². The van der Waals surface area contributed by atoms with Gasteiger partial charge in [0.25, 0.3) is 11.8 Å². The molecule has 0 fully saturated rings. The van der Waals surface area contributed by atoms with Gasteiger partial charge in [0.15, 0.2) is 0 Å². The summed E-state index contributed by atoms with van der Waals surface area (Å²) in [5.41, 5.74) is 2.39. The molecule has 1 aliphatic heterocycles. The van der Waals surface area contributed by atoms with Crippen LogP contribution < -0.4 is 0 Å². The number of hydrogen-bond acceptors (Lipinski definition) is 5. The zero-order chi connectivity index (χ0) is 22.5. The van der Waals surface area contributed by atoms with Gasteiger partial charge in [0.2, 0.25) is 0 Å². The third kappa shape index (κ3) is 4.45. The van der Waals surface area contributed by atoms with E-state index in [-0.39, 0.29) is 13.2 Å². The van der Waals surface area contributed by atoms with Crippen LogP contribution in [0.3, 0.4) is 0 Å². The first-order valence-corrected chi connectivity index (χ1v) is 10.4. The van der Waals surface area contributed by atoms with Crippen molar-refractivity contribution >= 4 is 17.8 Å². The van der Waals surface area contributed by atoms with Crippen molar-refractivity contribution in [1.29, 1.82) is 0 Å². The molecule has 0 saturated carbocycles. The highest BCUT2D eigenvalue weighted by atomic mass is 16.5. The summed E-state index contributed by atoms with van der Waals surface area (Å²) in [4.78, 5) is 39.2. The number of rotatable bonds is 8. The van der Waals surface area contributed by atoms with Crippen LogP contribution in [-0.2, 0) is 20.9 Å². The Morgan fingerprint density at radius 3 is 1.91 bits per heavy atom. The molecule has 162 valence electrons. The van der Waals surface area contributed by atoms with Gasteiger partial charge >= 0.3 is 5.97 Å². The van der Waals surface area contributed by atoms with Crippen LogP contribution in [0.2, 0.25) is 0 Å². The smallest absolute Gasteiger partial charge is 0.302 e. The third-order valence-corrected chi connectivity index (χ3v) is 5.36. The minimum absolute atomic E-state index is 0.171. The maximum Gasteiger partial charge on any atom is 0.302 e. The molecule has 0 unspecified atom stereocenters. The van der Waals surface area contributed by atoms with E-state index >= 15 is 0 Å². The number of carbonyl (C=O) groups is 3. The van der Waals surface area contributed by atoms with Gasteiger partial charge in [0.1, 0.15) is 18.8 Å². The predicted octanol–water partition coefficient (Wildman–Crippen LogP) is 4.17. The van der Waals surface area contributed by atoms with Gasteiger partial charge in [-0.1, -0.05) is 72.8 Å². The molecular weight excluding hydrogens is 406 g/mol. The SMILES string of the molecule is CC(=O)OC[C@H]([C@H](OCc1ccccc1)c1ccccc1)N1C(=O)c2ccccc2C1=O. The van der Waals surface area contributed by atoms with Crippen LogP contribution in [-0.4, -0.2) is 35.3 Å². The first kappa shape index (κ1) is 21.5. The monoisotopic (exact) mass is 429 g/mol. The first-order chi connectivity index (χ1) is 15.6. The standard InChI is InChI=1S/C26H23NO5/c1-18(28)31-17-23(27-25(29)21-14-8-9-15-22(21)26(27)30)24(20-12-6-3-7-13-20)32-16-19-10-4-2-5-11-19/h2-15,23-24H,16-17H2,1H3/t23-,24-/m1/s1. The van der Waals surface area contributed by atoms with E-state index in [1.165, 1.54) is 6.92 Å². The average molecular weight is 429 g/mol. The lowest BCUT2D eigenvalue weighted by Gasteiger charge is -2.33. The van der Waals surface area contributed by atoms with Gasteiger partial charge in [-0.15, -0.1) is 0 Å². The molecule has 2 amide bonds. The van der Waals surface area contributed by atoms with E-state index in [0.29, 0.717) is 11.1 Å². The molecule has 0 N–H and O–H groups in total. The van der Waals surface area contributed by atoms with E-state index in [9.17, 15) is 14.4 Å². The van der Waals surface area contributed by atoms with Crippen molar-refractivity contribution in [2.45, 2.75) is 25.7 Å². The molecule has 32 heavy (non-hydrogen) atoms. The van der Waals surface area contributed by atoms with Crippen molar-refractivity contribution in [1.82, 2.24) is 4.90 Å². The molecular formula is C26H23NO5. The fraction of sp³-hybridized carbons (Fsp3) is 0.192. The van der Waals surface area contributed by atoms with Crippen LogP contribution in [0.25, 0.3) is 0 Å². The Morgan fingerprint density at radius 1 is 0.812 bits per heavy atom. The minimum Gasteiger partial charge on any atom is -0.464 e. The van der Waals surface area contributed by atoms with Gasteiger partial charge in [-0.05, 0) is 23.3 Å². The quantitative estimate of drug-likeness (QED) is 0.397.